The molecule has 0 spiro atoms. The summed E-state index contributed by atoms with van der Waals surface area (Å²) in [6, 6.07) is 0. The maximum absolute atomic E-state index is 11.6. The maximum Gasteiger partial charge on any atom is 0.329 e. The van der Waals surface area contributed by atoms with Crippen LogP contribution in [0.4, 0.5) is 0 Å². The van der Waals surface area contributed by atoms with Crippen molar-refractivity contribution in [1.29, 1.82) is 0 Å². The van der Waals surface area contributed by atoms with Gasteiger partial charge in [-0.3, -0.25) is 4.79 Å². The van der Waals surface area contributed by atoms with E-state index >= 15 is 0 Å². The minimum atomic E-state index is -1.18. The first-order chi connectivity index (χ1) is 8.10. The molecule has 0 bridgehead atoms. The standard InChI is InChI=1S/C12H17NO4/c1-2-3-4-5-10(14)13-12(11(15)16)6-8-17-9-7-12/h2-5H,6-9H2,1H3,(H,13,14)(H,15,16). The van der Waals surface area contributed by atoms with Crippen LogP contribution in [0.25, 0.3) is 0 Å². The number of carbonyl (C=O) groups is 2. The zero-order chi connectivity index (χ0) is 12.7. The number of nitrogens with one attached hydrogen (secondary N) is 1. The van der Waals surface area contributed by atoms with Gasteiger partial charge in [0.05, 0.1) is 0 Å². The van der Waals surface area contributed by atoms with Gasteiger partial charge in [0.1, 0.15) is 5.54 Å². The molecular formula is C12H17NO4. The van der Waals surface area contributed by atoms with Crippen LogP contribution >= 0.6 is 0 Å². The summed E-state index contributed by atoms with van der Waals surface area (Å²) in [7, 11) is 0. The smallest absolute Gasteiger partial charge is 0.329 e. The van der Waals surface area contributed by atoms with E-state index in [0.29, 0.717) is 26.1 Å². The largest absolute Gasteiger partial charge is 0.480 e. The van der Waals surface area contributed by atoms with Gasteiger partial charge in [-0.1, -0.05) is 18.2 Å². The molecule has 0 saturated carbocycles. The van der Waals surface area contributed by atoms with Gasteiger partial charge in [0.25, 0.3) is 0 Å². The van der Waals surface area contributed by atoms with Crippen LogP contribution in [-0.2, 0) is 14.3 Å². The molecule has 1 heterocycles. The van der Waals surface area contributed by atoms with E-state index in [1.54, 1.807) is 18.2 Å². The average Bonchev–Trinajstić information content (AvgIpc) is 2.30. The molecule has 5 nitrogen and oxygen atoms in total. The van der Waals surface area contributed by atoms with Crippen molar-refractivity contribution >= 4 is 11.9 Å². The van der Waals surface area contributed by atoms with Crippen molar-refractivity contribution in [1.82, 2.24) is 5.32 Å². The van der Waals surface area contributed by atoms with Crippen molar-refractivity contribution < 1.29 is 19.4 Å². The van der Waals surface area contributed by atoms with E-state index in [9.17, 15) is 14.7 Å². The van der Waals surface area contributed by atoms with E-state index in [1.165, 1.54) is 6.08 Å². The Bertz CT molecular complexity index is 340. The Labute approximate surface area is 100 Å². The molecule has 0 aromatic rings. The van der Waals surface area contributed by atoms with Gasteiger partial charge < -0.3 is 15.2 Å². The summed E-state index contributed by atoms with van der Waals surface area (Å²) in [5.74, 6) is -1.40. The fourth-order valence-electron chi connectivity index (χ4n) is 1.64. The molecule has 1 rings (SSSR count). The molecule has 0 unspecified atom stereocenters. The van der Waals surface area contributed by atoms with Crippen LogP contribution in [0, 0.1) is 0 Å². The van der Waals surface area contributed by atoms with E-state index in [4.69, 9.17) is 4.74 Å². The highest BCUT2D eigenvalue weighted by molar-refractivity contribution is 5.93. The summed E-state index contributed by atoms with van der Waals surface area (Å²) in [4.78, 5) is 22.8. The normalized spacial score (nSPS) is 19.6. The molecule has 0 radical (unpaired) electrons. The maximum atomic E-state index is 11.6. The molecule has 1 saturated heterocycles. The third kappa shape index (κ3) is 3.71. The van der Waals surface area contributed by atoms with Crippen molar-refractivity contribution in [3.05, 3.63) is 24.3 Å². The van der Waals surface area contributed by atoms with E-state index in [2.05, 4.69) is 5.32 Å². The second-order valence-corrected chi connectivity index (χ2v) is 3.87. The Balaban J connectivity index is 2.67. The summed E-state index contributed by atoms with van der Waals surface area (Å²) >= 11 is 0. The highest BCUT2D eigenvalue weighted by atomic mass is 16.5. The lowest BCUT2D eigenvalue weighted by molar-refractivity contribution is -0.151. The predicted molar refractivity (Wildman–Crippen MR) is 62.5 cm³/mol. The summed E-state index contributed by atoms with van der Waals surface area (Å²) in [6.07, 6.45) is 6.98. The van der Waals surface area contributed by atoms with Crippen LogP contribution in [-0.4, -0.2) is 35.7 Å². The highest BCUT2D eigenvalue weighted by Crippen LogP contribution is 2.20. The first-order valence-electron chi connectivity index (χ1n) is 5.53. The summed E-state index contributed by atoms with van der Waals surface area (Å²) in [5, 5.41) is 11.8. The second kappa shape index (κ2) is 6.20. The summed E-state index contributed by atoms with van der Waals surface area (Å²) < 4.78 is 5.11. The minimum Gasteiger partial charge on any atom is -0.480 e. The molecule has 17 heavy (non-hydrogen) atoms. The highest BCUT2D eigenvalue weighted by Gasteiger charge is 2.41. The number of carbonyl (C=O) groups excluding carboxylic acids is 1. The molecule has 5 heteroatoms. The number of carboxylic acid groups (broad SMARTS) is 1. The molecule has 0 atom stereocenters. The molecule has 1 aliphatic heterocycles. The van der Waals surface area contributed by atoms with Crippen molar-refractivity contribution in [3.8, 4) is 0 Å². The Hall–Kier alpha value is -1.62. The van der Waals surface area contributed by atoms with Gasteiger partial charge in [-0.05, 0) is 6.92 Å². The topological polar surface area (TPSA) is 75.6 Å². The molecule has 94 valence electrons. The van der Waals surface area contributed by atoms with E-state index in [-0.39, 0.29) is 0 Å². The van der Waals surface area contributed by atoms with Crippen LogP contribution in [0.15, 0.2) is 24.3 Å². The number of hydrogen-bond acceptors (Lipinski definition) is 3. The van der Waals surface area contributed by atoms with Crippen LogP contribution in [0.1, 0.15) is 19.8 Å². The van der Waals surface area contributed by atoms with Gasteiger partial charge in [0.2, 0.25) is 5.91 Å². The number of amides is 1. The van der Waals surface area contributed by atoms with Gasteiger partial charge in [0.15, 0.2) is 0 Å². The molecule has 2 N–H and O–H groups in total. The number of aliphatic carboxylic acids is 1. The van der Waals surface area contributed by atoms with E-state index < -0.39 is 17.4 Å². The molecular weight excluding hydrogens is 222 g/mol. The Morgan fingerprint density at radius 1 is 1.29 bits per heavy atom. The average molecular weight is 239 g/mol. The van der Waals surface area contributed by atoms with E-state index in [0.717, 1.165) is 0 Å². The van der Waals surface area contributed by atoms with Crippen LogP contribution in [0.5, 0.6) is 0 Å². The zero-order valence-electron chi connectivity index (χ0n) is 9.81. The Morgan fingerprint density at radius 3 is 2.47 bits per heavy atom. The molecule has 1 amide bonds. The number of carboxylic acids is 1. The molecule has 0 aromatic heterocycles. The quantitative estimate of drug-likeness (QED) is 0.564. The zero-order valence-corrected chi connectivity index (χ0v) is 9.81. The molecule has 0 aromatic carbocycles. The molecule has 1 aliphatic rings. The van der Waals surface area contributed by atoms with Crippen LogP contribution in [0.2, 0.25) is 0 Å². The van der Waals surface area contributed by atoms with Crippen molar-refractivity contribution in [2.24, 2.45) is 0 Å². The first kappa shape index (κ1) is 13.4. The van der Waals surface area contributed by atoms with Crippen LogP contribution < -0.4 is 5.32 Å². The SMILES string of the molecule is CC=CC=CC(=O)NC1(C(=O)O)CCOCC1. The van der Waals surface area contributed by atoms with Gasteiger partial charge in [-0.15, -0.1) is 0 Å². The third-order valence-electron chi connectivity index (χ3n) is 2.67. The fourth-order valence-corrected chi connectivity index (χ4v) is 1.64. The monoisotopic (exact) mass is 239 g/mol. The molecule has 1 fully saturated rings. The lowest BCUT2D eigenvalue weighted by Gasteiger charge is -2.33. The second-order valence-electron chi connectivity index (χ2n) is 3.87. The fraction of sp³-hybridized carbons (Fsp3) is 0.500. The molecule has 0 aliphatic carbocycles. The van der Waals surface area contributed by atoms with Crippen molar-refractivity contribution in [2.75, 3.05) is 13.2 Å². The number of ether oxygens (including phenoxy) is 1. The third-order valence-corrected chi connectivity index (χ3v) is 2.67. The summed E-state index contributed by atoms with van der Waals surface area (Å²) in [5.41, 5.74) is -1.18. The minimum absolute atomic E-state index is 0.297. The number of rotatable bonds is 4. The van der Waals surface area contributed by atoms with Crippen molar-refractivity contribution in [2.45, 2.75) is 25.3 Å². The Morgan fingerprint density at radius 2 is 1.94 bits per heavy atom. The number of hydrogen-bond donors (Lipinski definition) is 2. The number of allylic oxidation sites excluding steroid dienone is 3. The van der Waals surface area contributed by atoms with Crippen molar-refractivity contribution in [3.63, 3.8) is 0 Å². The summed E-state index contributed by atoms with van der Waals surface area (Å²) in [6.45, 7) is 2.54. The van der Waals surface area contributed by atoms with Gasteiger partial charge >= 0.3 is 5.97 Å². The predicted octanol–water partition coefficient (Wildman–Crippen LogP) is 0.869. The van der Waals surface area contributed by atoms with E-state index in [1.807, 2.05) is 6.92 Å². The van der Waals surface area contributed by atoms with Gasteiger partial charge in [-0.2, -0.15) is 0 Å². The Kier molecular flexibility index (Phi) is 4.90. The van der Waals surface area contributed by atoms with Gasteiger partial charge in [0, 0.05) is 32.1 Å². The lowest BCUT2D eigenvalue weighted by Crippen LogP contribution is -2.57. The lowest BCUT2D eigenvalue weighted by atomic mass is 9.90. The first-order valence-corrected chi connectivity index (χ1v) is 5.53. The van der Waals surface area contributed by atoms with Crippen LogP contribution in [0.3, 0.4) is 0 Å². The van der Waals surface area contributed by atoms with Gasteiger partial charge in [-0.25, -0.2) is 4.79 Å².